The van der Waals surface area contributed by atoms with E-state index < -0.39 is 11.7 Å². The van der Waals surface area contributed by atoms with Crippen LogP contribution >= 0.6 is 0 Å². The fraction of sp³-hybridized carbons (Fsp3) is 0.600. The summed E-state index contributed by atoms with van der Waals surface area (Å²) in [5.41, 5.74) is -0.434. The number of urea groups is 1. The van der Waals surface area contributed by atoms with Gasteiger partial charge in [0.15, 0.2) is 0 Å². The maximum absolute atomic E-state index is 12.6. The van der Waals surface area contributed by atoms with Crippen LogP contribution in [0.2, 0.25) is 0 Å². The van der Waals surface area contributed by atoms with Crippen molar-refractivity contribution < 1.29 is 22.8 Å². The molecule has 2 aliphatic rings. The van der Waals surface area contributed by atoms with Crippen LogP contribution < -0.4 is 5.32 Å². The van der Waals surface area contributed by atoms with Crippen molar-refractivity contribution in [3.63, 3.8) is 0 Å². The predicted octanol–water partition coefficient (Wildman–Crippen LogP) is 3.26. The number of nitrogens with zero attached hydrogens (tertiary/aromatic N) is 3. The molecule has 1 N–H and O–H groups in total. The van der Waals surface area contributed by atoms with Crippen molar-refractivity contribution in [2.75, 3.05) is 44.6 Å². The highest BCUT2D eigenvalue weighted by molar-refractivity contribution is 5.89. The normalized spacial score (nSPS) is 21.2. The monoisotopic (exact) mass is 412 g/mol. The van der Waals surface area contributed by atoms with Crippen LogP contribution in [0.5, 0.6) is 0 Å². The summed E-state index contributed by atoms with van der Waals surface area (Å²) in [4.78, 5) is 30.5. The quantitative estimate of drug-likeness (QED) is 0.829. The standard InChI is InChI=1S/C20H27F3N4O2/c1-15-4-2-3-9-27(15)18(28)14-25-10-12-26(13-11-25)19(29)24-17-7-5-16(6-8-17)20(21,22)23/h5-8,15H,2-4,9-14H2,1H3,(H,24,29). The van der Waals surface area contributed by atoms with Crippen molar-refractivity contribution >= 4 is 17.6 Å². The lowest BCUT2D eigenvalue weighted by molar-refractivity contribution is -0.137. The molecule has 2 heterocycles. The van der Waals surface area contributed by atoms with Gasteiger partial charge in [-0.2, -0.15) is 13.2 Å². The van der Waals surface area contributed by atoms with E-state index in [-0.39, 0.29) is 18.0 Å². The first-order valence-corrected chi connectivity index (χ1v) is 9.99. The third-order valence-electron chi connectivity index (χ3n) is 5.61. The number of hydrogen-bond acceptors (Lipinski definition) is 3. The Bertz CT molecular complexity index is 715. The molecule has 6 nitrogen and oxygen atoms in total. The van der Waals surface area contributed by atoms with E-state index in [4.69, 9.17) is 0 Å². The van der Waals surface area contributed by atoms with Crippen LogP contribution in [-0.2, 0) is 11.0 Å². The number of anilines is 1. The molecule has 2 fully saturated rings. The third kappa shape index (κ3) is 5.62. The minimum Gasteiger partial charge on any atom is -0.339 e. The highest BCUT2D eigenvalue weighted by Crippen LogP contribution is 2.29. The van der Waals surface area contributed by atoms with E-state index in [1.54, 1.807) is 4.90 Å². The second-order valence-electron chi connectivity index (χ2n) is 7.70. The zero-order chi connectivity index (χ0) is 21.0. The first-order chi connectivity index (χ1) is 13.7. The number of amides is 3. The third-order valence-corrected chi connectivity index (χ3v) is 5.61. The molecule has 2 saturated heterocycles. The van der Waals surface area contributed by atoms with Crippen molar-refractivity contribution in [1.82, 2.24) is 14.7 Å². The van der Waals surface area contributed by atoms with Gasteiger partial charge in [-0.15, -0.1) is 0 Å². The van der Waals surface area contributed by atoms with Gasteiger partial charge in [0.2, 0.25) is 5.91 Å². The topological polar surface area (TPSA) is 55.9 Å². The number of benzene rings is 1. The van der Waals surface area contributed by atoms with E-state index in [1.807, 2.05) is 9.80 Å². The molecule has 1 unspecified atom stereocenters. The largest absolute Gasteiger partial charge is 0.416 e. The first-order valence-electron chi connectivity index (χ1n) is 9.99. The summed E-state index contributed by atoms with van der Waals surface area (Å²) in [6.45, 7) is 5.38. The fourth-order valence-corrected chi connectivity index (χ4v) is 3.80. The van der Waals surface area contributed by atoms with Crippen molar-refractivity contribution in [1.29, 1.82) is 0 Å². The summed E-state index contributed by atoms with van der Waals surface area (Å²) >= 11 is 0. The maximum Gasteiger partial charge on any atom is 0.416 e. The molecule has 0 bridgehead atoms. The van der Waals surface area contributed by atoms with Gasteiger partial charge in [0, 0.05) is 44.5 Å². The molecule has 29 heavy (non-hydrogen) atoms. The lowest BCUT2D eigenvalue weighted by Crippen LogP contribution is -2.53. The molecule has 0 saturated carbocycles. The van der Waals surface area contributed by atoms with E-state index in [1.165, 1.54) is 12.1 Å². The Kier molecular flexibility index (Phi) is 6.66. The number of likely N-dealkylation sites (tertiary alicyclic amines) is 1. The van der Waals surface area contributed by atoms with Crippen LogP contribution in [0.25, 0.3) is 0 Å². The average Bonchev–Trinajstić information content (AvgIpc) is 2.68. The molecule has 160 valence electrons. The Morgan fingerprint density at radius 2 is 1.69 bits per heavy atom. The van der Waals surface area contributed by atoms with Gasteiger partial charge in [-0.05, 0) is 50.5 Å². The van der Waals surface area contributed by atoms with Gasteiger partial charge in [-0.25, -0.2) is 4.79 Å². The minimum atomic E-state index is -4.40. The van der Waals surface area contributed by atoms with Crippen LogP contribution in [0.15, 0.2) is 24.3 Å². The number of piperazine rings is 1. The van der Waals surface area contributed by atoms with Crippen LogP contribution in [0.4, 0.5) is 23.7 Å². The highest BCUT2D eigenvalue weighted by atomic mass is 19.4. The van der Waals surface area contributed by atoms with Crippen molar-refractivity contribution in [3.05, 3.63) is 29.8 Å². The van der Waals surface area contributed by atoms with E-state index in [2.05, 4.69) is 12.2 Å². The van der Waals surface area contributed by atoms with Crippen molar-refractivity contribution in [2.24, 2.45) is 0 Å². The summed E-state index contributed by atoms with van der Waals surface area (Å²) in [7, 11) is 0. The van der Waals surface area contributed by atoms with Gasteiger partial charge < -0.3 is 15.1 Å². The van der Waals surface area contributed by atoms with E-state index in [0.717, 1.165) is 37.9 Å². The molecular formula is C20H27F3N4O2. The van der Waals surface area contributed by atoms with Gasteiger partial charge in [0.05, 0.1) is 12.1 Å². The smallest absolute Gasteiger partial charge is 0.339 e. The number of carbonyl (C=O) groups is 2. The number of alkyl halides is 3. The Hall–Kier alpha value is -2.29. The fourth-order valence-electron chi connectivity index (χ4n) is 3.80. The Morgan fingerprint density at radius 1 is 1.03 bits per heavy atom. The molecule has 2 aliphatic heterocycles. The molecule has 1 aromatic rings. The van der Waals surface area contributed by atoms with Crippen molar-refractivity contribution in [2.45, 2.75) is 38.4 Å². The zero-order valence-corrected chi connectivity index (χ0v) is 16.5. The summed E-state index contributed by atoms with van der Waals surface area (Å²) < 4.78 is 37.8. The van der Waals surface area contributed by atoms with E-state index in [9.17, 15) is 22.8 Å². The minimum absolute atomic E-state index is 0.139. The summed E-state index contributed by atoms with van der Waals surface area (Å²) in [6.07, 6.45) is -1.14. The molecule has 3 amide bonds. The maximum atomic E-state index is 12.6. The van der Waals surface area contributed by atoms with Crippen LogP contribution in [0.3, 0.4) is 0 Å². The second kappa shape index (κ2) is 9.02. The second-order valence-corrected chi connectivity index (χ2v) is 7.70. The molecule has 9 heteroatoms. The molecule has 0 radical (unpaired) electrons. The number of rotatable bonds is 3. The van der Waals surface area contributed by atoms with E-state index in [0.29, 0.717) is 38.4 Å². The zero-order valence-electron chi connectivity index (χ0n) is 16.5. The number of hydrogen-bond donors (Lipinski definition) is 1. The first kappa shape index (κ1) is 21.4. The number of nitrogens with one attached hydrogen (secondary N) is 1. The van der Waals surface area contributed by atoms with Gasteiger partial charge in [-0.3, -0.25) is 9.69 Å². The van der Waals surface area contributed by atoms with Gasteiger partial charge >= 0.3 is 12.2 Å². The summed E-state index contributed by atoms with van der Waals surface area (Å²) in [5.74, 6) is 0.139. The Balaban J connectivity index is 1.45. The molecule has 1 aromatic carbocycles. The van der Waals surface area contributed by atoms with Gasteiger partial charge in [0.1, 0.15) is 0 Å². The van der Waals surface area contributed by atoms with Crippen LogP contribution in [-0.4, -0.2) is 71.9 Å². The molecule has 1 atom stereocenters. The molecule has 3 rings (SSSR count). The lowest BCUT2D eigenvalue weighted by Gasteiger charge is -2.38. The molecular weight excluding hydrogens is 385 g/mol. The predicted molar refractivity (Wildman–Crippen MR) is 104 cm³/mol. The molecule has 0 spiro atoms. The number of piperidine rings is 1. The van der Waals surface area contributed by atoms with Gasteiger partial charge in [-0.1, -0.05) is 0 Å². The summed E-state index contributed by atoms with van der Waals surface area (Å²) in [6, 6.07) is 4.32. The number of halogens is 3. The van der Waals surface area contributed by atoms with Crippen LogP contribution in [0, 0.1) is 0 Å². The number of carbonyl (C=O) groups excluding carboxylic acids is 2. The highest BCUT2D eigenvalue weighted by Gasteiger charge is 2.30. The molecule has 0 aromatic heterocycles. The Labute approximate surface area is 168 Å². The molecule has 0 aliphatic carbocycles. The van der Waals surface area contributed by atoms with E-state index >= 15 is 0 Å². The van der Waals surface area contributed by atoms with Crippen molar-refractivity contribution in [3.8, 4) is 0 Å². The summed E-state index contributed by atoms with van der Waals surface area (Å²) in [5, 5.41) is 2.63. The van der Waals surface area contributed by atoms with Crippen LogP contribution in [0.1, 0.15) is 31.7 Å². The Morgan fingerprint density at radius 3 is 2.28 bits per heavy atom. The van der Waals surface area contributed by atoms with Gasteiger partial charge in [0.25, 0.3) is 0 Å². The average molecular weight is 412 g/mol. The SMILES string of the molecule is CC1CCCCN1C(=O)CN1CCN(C(=O)Nc2ccc(C(F)(F)F)cc2)CC1. The lowest BCUT2D eigenvalue weighted by atomic mass is 10.0.